The van der Waals surface area contributed by atoms with E-state index in [0.29, 0.717) is 16.3 Å². The van der Waals surface area contributed by atoms with E-state index in [1.807, 2.05) is 0 Å². The van der Waals surface area contributed by atoms with Crippen molar-refractivity contribution in [3.05, 3.63) is 29.8 Å². The molecule has 1 saturated carbocycles. The van der Waals surface area contributed by atoms with Crippen LogP contribution in [0.25, 0.3) is 0 Å². The van der Waals surface area contributed by atoms with Crippen molar-refractivity contribution >= 4 is 27.2 Å². The maximum absolute atomic E-state index is 12.3. The van der Waals surface area contributed by atoms with Crippen LogP contribution in [0.4, 0.5) is 0 Å². The molecule has 0 aliphatic heterocycles. The number of nitrogens with one attached hydrogen (secondary N) is 1. The number of hydrogen-bond donors (Lipinski definition) is 2. The SMILES string of the molecule is NC(=S)Cc1ccc(S(=O)(=O)NC2CCCCC2)cc1. The summed E-state index contributed by atoms with van der Waals surface area (Å²) in [6, 6.07) is 6.81. The number of rotatable bonds is 5. The summed E-state index contributed by atoms with van der Waals surface area (Å²) < 4.78 is 27.3. The first-order chi connectivity index (χ1) is 9.47. The first kappa shape index (κ1) is 15.4. The minimum atomic E-state index is -3.42. The van der Waals surface area contributed by atoms with Gasteiger partial charge in [-0.1, -0.05) is 43.6 Å². The van der Waals surface area contributed by atoms with E-state index in [9.17, 15) is 8.42 Å². The van der Waals surface area contributed by atoms with Crippen molar-refractivity contribution < 1.29 is 8.42 Å². The van der Waals surface area contributed by atoms with E-state index in [-0.39, 0.29) is 6.04 Å². The first-order valence-electron chi connectivity index (χ1n) is 6.87. The molecule has 4 nitrogen and oxygen atoms in total. The third-order valence-corrected chi connectivity index (χ3v) is 5.22. The Morgan fingerprint density at radius 2 is 1.80 bits per heavy atom. The smallest absolute Gasteiger partial charge is 0.240 e. The van der Waals surface area contributed by atoms with Crippen LogP contribution < -0.4 is 10.5 Å². The van der Waals surface area contributed by atoms with E-state index in [2.05, 4.69) is 4.72 Å². The molecular formula is C14H20N2O2S2. The fraction of sp³-hybridized carbons (Fsp3) is 0.500. The fourth-order valence-electron chi connectivity index (χ4n) is 2.50. The Hall–Kier alpha value is -0.980. The highest BCUT2D eigenvalue weighted by molar-refractivity contribution is 7.89. The van der Waals surface area contributed by atoms with Crippen molar-refractivity contribution in [3.63, 3.8) is 0 Å². The molecule has 110 valence electrons. The van der Waals surface area contributed by atoms with Crippen molar-refractivity contribution in [1.29, 1.82) is 0 Å². The van der Waals surface area contributed by atoms with Crippen LogP contribution in [0.3, 0.4) is 0 Å². The Morgan fingerprint density at radius 3 is 2.35 bits per heavy atom. The molecule has 1 fully saturated rings. The Labute approximate surface area is 125 Å². The molecule has 3 N–H and O–H groups in total. The van der Waals surface area contributed by atoms with Gasteiger partial charge in [-0.3, -0.25) is 0 Å². The van der Waals surface area contributed by atoms with E-state index in [0.717, 1.165) is 31.2 Å². The van der Waals surface area contributed by atoms with Crippen LogP contribution in [0.1, 0.15) is 37.7 Å². The minimum absolute atomic E-state index is 0.0741. The molecule has 1 aromatic rings. The Bertz CT molecular complexity index is 561. The number of benzene rings is 1. The monoisotopic (exact) mass is 312 g/mol. The number of hydrogen-bond acceptors (Lipinski definition) is 3. The number of thiocarbonyl (C=S) groups is 1. The third kappa shape index (κ3) is 4.26. The van der Waals surface area contributed by atoms with Crippen LogP contribution >= 0.6 is 12.2 Å². The van der Waals surface area contributed by atoms with Gasteiger partial charge >= 0.3 is 0 Å². The van der Waals surface area contributed by atoms with Gasteiger partial charge in [0.05, 0.1) is 9.88 Å². The molecule has 0 unspecified atom stereocenters. The van der Waals surface area contributed by atoms with Gasteiger partial charge < -0.3 is 5.73 Å². The largest absolute Gasteiger partial charge is 0.393 e. The maximum atomic E-state index is 12.3. The summed E-state index contributed by atoms with van der Waals surface area (Å²) in [4.78, 5) is 0.704. The van der Waals surface area contributed by atoms with Crippen LogP contribution in [0.15, 0.2) is 29.2 Å². The maximum Gasteiger partial charge on any atom is 0.240 e. The van der Waals surface area contributed by atoms with E-state index in [1.165, 1.54) is 6.42 Å². The van der Waals surface area contributed by atoms with Gasteiger partial charge in [0.1, 0.15) is 0 Å². The molecule has 2 rings (SSSR count). The number of nitrogens with two attached hydrogens (primary N) is 1. The van der Waals surface area contributed by atoms with Gasteiger partial charge in [0.25, 0.3) is 0 Å². The Morgan fingerprint density at radius 1 is 1.20 bits per heavy atom. The molecule has 1 aliphatic carbocycles. The van der Waals surface area contributed by atoms with Gasteiger partial charge in [-0.25, -0.2) is 13.1 Å². The van der Waals surface area contributed by atoms with Crippen molar-refractivity contribution in [3.8, 4) is 0 Å². The minimum Gasteiger partial charge on any atom is -0.393 e. The van der Waals surface area contributed by atoms with E-state index < -0.39 is 10.0 Å². The average Bonchev–Trinajstić information content (AvgIpc) is 2.39. The highest BCUT2D eigenvalue weighted by Crippen LogP contribution is 2.20. The molecule has 0 atom stereocenters. The zero-order valence-electron chi connectivity index (χ0n) is 11.3. The summed E-state index contributed by atoms with van der Waals surface area (Å²) >= 11 is 4.84. The van der Waals surface area contributed by atoms with E-state index >= 15 is 0 Å². The fourth-order valence-corrected chi connectivity index (χ4v) is 3.97. The highest BCUT2D eigenvalue weighted by atomic mass is 32.2. The molecule has 0 heterocycles. The van der Waals surface area contributed by atoms with Gasteiger partial charge in [0, 0.05) is 12.5 Å². The lowest BCUT2D eigenvalue weighted by atomic mass is 9.96. The van der Waals surface area contributed by atoms with Crippen molar-refractivity contribution in [2.45, 2.75) is 49.5 Å². The Kier molecular flexibility index (Phi) is 5.12. The standard InChI is InChI=1S/C14H20N2O2S2/c15-14(19)10-11-6-8-13(9-7-11)20(17,18)16-12-4-2-1-3-5-12/h6-9,12,16H,1-5,10H2,(H2,15,19). The Balaban J connectivity index is 2.06. The summed E-state index contributed by atoms with van der Waals surface area (Å²) in [5, 5.41) is 0. The van der Waals surface area contributed by atoms with Crippen molar-refractivity contribution in [1.82, 2.24) is 4.72 Å². The van der Waals surface area contributed by atoms with E-state index in [1.54, 1.807) is 24.3 Å². The molecule has 1 aliphatic rings. The summed E-state index contributed by atoms with van der Waals surface area (Å²) in [7, 11) is -3.42. The van der Waals surface area contributed by atoms with Gasteiger partial charge in [0.15, 0.2) is 0 Å². The van der Waals surface area contributed by atoms with E-state index in [4.69, 9.17) is 18.0 Å². The molecule has 0 radical (unpaired) electrons. The number of sulfonamides is 1. The quantitative estimate of drug-likeness (QED) is 0.817. The van der Waals surface area contributed by atoms with Crippen molar-refractivity contribution in [2.24, 2.45) is 5.73 Å². The topological polar surface area (TPSA) is 72.2 Å². The van der Waals surface area contributed by atoms with Crippen LogP contribution in [0, 0.1) is 0 Å². The molecule has 0 spiro atoms. The summed E-state index contributed by atoms with van der Waals surface area (Å²) in [6.45, 7) is 0. The lowest BCUT2D eigenvalue weighted by Gasteiger charge is -2.22. The molecule has 0 bridgehead atoms. The van der Waals surface area contributed by atoms with Gasteiger partial charge in [0.2, 0.25) is 10.0 Å². The highest BCUT2D eigenvalue weighted by Gasteiger charge is 2.21. The van der Waals surface area contributed by atoms with Crippen LogP contribution in [-0.4, -0.2) is 19.4 Å². The molecule has 0 amide bonds. The van der Waals surface area contributed by atoms with Gasteiger partial charge in [-0.05, 0) is 30.5 Å². The average molecular weight is 312 g/mol. The molecule has 1 aromatic carbocycles. The summed E-state index contributed by atoms with van der Waals surface area (Å²) in [5.74, 6) is 0. The van der Waals surface area contributed by atoms with Crippen LogP contribution in [-0.2, 0) is 16.4 Å². The zero-order chi connectivity index (χ0) is 14.6. The van der Waals surface area contributed by atoms with Crippen LogP contribution in [0.2, 0.25) is 0 Å². The summed E-state index contributed by atoms with van der Waals surface area (Å²) in [6.07, 6.45) is 5.75. The molecule has 20 heavy (non-hydrogen) atoms. The summed E-state index contributed by atoms with van der Waals surface area (Å²) in [5.41, 5.74) is 6.40. The van der Waals surface area contributed by atoms with Gasteiger partial charge in [-0.2, -0.15) is 0 Å². The normalized spacial score (nSPS) is 17.0. The molecule has 6 heteroatoms. The van der Waals surface area contributed by atoms with Gasteiger partial charge in [-0.15, -0.1) is 0 Å². The predicted octanol–water partition coefficient (Wildman–Crippen LogP) is 2.13. The molecule has 0 saturated heterocycles. The second-order valence-electron chi connectivity index (χ2n) is 5.24. The zero-order valence-corrected chi connectivity index (χ0v) is 13.0. The van der Waals surface area contributed by atoms with Crippen LogP contribution in [0.5, 0.6) is 0 Å². The second kappa shape index (κ2) is 6.65. The second-order valence-corrected chi connectivity index (χ2v) is 7.48. The lowest BCUT2D eigenvalue weighted by molar-refractivity contribution is 0.412. The third-order valence-electron chi connectivity index (χ3n) is 3.54. The first-order valence-corrected chi connectivity index (χ1v) is 8.76. The lowest BCUT2D eigenvalue weighted by Crippen LogP contribution is -2.36. The molecular weight excluding hydrogens is 292 g/mol. The van der Waals surface area contributed by atoms with Crippen molar-refractivity contribution in [2.75, 3.05) is 0 Å². The predicted molar refractivity (Wildman–Crippen MR) is 84.1 cm³/mol. The molecule has 0 aromatic heterocycles.